The van der Waals surface area contributed by atoms with Crippen molar-refractivity contribution in [3.63, 3.8) is 0 Å². The van der Waals surface area contributed by atoms with Crippen molar-refractivity contribution < 1.29 is 32.2 Å². The summed E-state index contributed by atoms with van der Waals surface area (Å²) in [5.74, 6) is -2.96. The average molecular weight is 321 g/mol. The van der Waals surface area contributed by atoms with E-state index in [2.05, 4.69) is 4.74 Å². The number of esters is 2. The van der Waals surface area contributed by atoms with Crippen LogP contribution in [0.15, 0.2) is 22.5 Å². The minimum atomic E-state index is -4.76. The molecule has 0 radical (unpaired) electrons. The maximum absolute atomic E-state index is 13.4. The van der Waals surface area contributed by atoms with Gasteiger partial charge in [0.1, 0.15) is 5.70 Å². The largest absolute Gasteiger partial charge is 0.466 e. The molecule has 124 valence electrons. The van der Waals surface area contributed by atoms with Gasteiger partial charge in [-0.05, 0) is 13.8 Å². The zero-order chi connectivity index (χ0) is 17.2. The van der Waals surface area contributed by atoms with Gasteiger partial charge in [0, 0.05) is 18.7 Å². The van der Waals surface area contributed by atoms with Crippen molar-refractivity contribution in [2.75, 3.05) is 20.8 Å². The number of alkyl halides is 3. The van der Waals surface area contributed by atoms with Gasteiger partial charge in [-0.1, -0.05) is 6.92 Å². The van der Waals surface area contributed by atoms with Crippen LogP contribution in [0.3, 0.4) is 0 Å². The Morgan fingerprint density at radius 2 is 1.77 bits per heavy atom. The molecular formula is C14H18F3NO4. The van der Waals surface area contributed by atoms with Crippen molar-refractivity contribution in [2.24, 2.45) is 5.92 Å². The first-order valence-electron chi connectivity index (χ1n) is 6.59. The molecule has 1 rings (SSSR count). The van der Waals surface area contributed by atoms with Crippen LogP contribution >= 0.6 is 0 Å². The molecule has 0 aromatic heterocycles. The first kappa shape index (κ1) is 18.1. The van der Waals surface area contributed by atoms with E-state index in [-0.39, 0.29) is 17.9 Å². The van der Waals surface area contributed by atoms with Crippen LogP contribution < -0.4 is 0 Å². The number of hydrogen-bond donors (Lipinski definition) is 0. The lowest BCUT2D eigenvalue weighted by Crippen LogP contribution is -2.39. The molecule has 0 N–H and O–H groups in total. The number of methoxy groups -OCH3 is 1. The third kappa shape index (κ3) is 3.10. The van der Waals surface area contributed by atoms with Crippen LogP contribution in [0.5, 0.6) is 0 Å². The van der Waals surface area contributed by atoms with Crippen LogP contribution in [-0.4, -0.2) is 43.8 Å². The number of allylic oxidation sites excluding steroid dienone is 2. The fraction of sp³-hybridized carbons (Fsp3) is 0.571. The van der Waals surface area contributed by atoms with Crippen molar-refractivity contribution in [3.8, 4) is 0 Å². The minimum absolute atomic E-state index is 0.000975. The molecule has 0 spiro atoms. The Hall–Kier alpha value is -1.99. The number of carbonyl (C=O) groups is 2. The Kier molecular flexibility index (Phi) is 5.26. The molecular weight excluding hydrogens is 303 g/mol. The molecule has 5 nitrogen and oxygen atoms in total. The van der Waals surface area contributed by atoms with E-state index in [0.717, 1.165) is 19.1 Å². The summed E-state index contributed by atoms with van der Waals surface area (Å²) >= 11 is 0. The topological polar surface area (TPSA) is 55.8 Å². The van der Waals surface area contributed by atoms with Crippen LogP contribution in [0, 0.1) is 5.92 Å². The van der Waals surface area contributed by atoms with E-state index in [1.54, 1.807) is 0 Å². The second-order valence-electron chi connectivity index (χ2n) is 4.75. The third-order valence-electron chi connectivity index (χ3n) is 3.52. The molecule has 1 aliphatic heterocycles. The quantitative estimate of drug-likeness (QED) is 0.747. The molecule has 1 atom stereocenters. The van der Waals surface area contributed by atoms with Gasteiger partial charge in [0.2, 0.25) is 0 Å². The van der Waals surface area contributed by atoms with Crippen molar-refractivity contribution in [1.82, 2.24) is 4.90 Å². The van der Waals surface area contributed by atoms with Gasteiger partial charge in [-0.2, -0.15) is 13.2 Å². The van der Waals surface area contributed by atoms with Crippen LogP contribution in [0.2, 0.25) is 0 Å². The highest BCUT2D eigenvalue weighted by Gasteiger charge is 2.47. The van der Waals surface area contributed by atoms with Crippen LogP contribution in [0.25, 0.3) is 0 Å². The predicted molar refractivity (Wildman–Crippen MR) is 71.4 cm³/mol. The van der Waals surface area contributed by atoms with Gasteiger partial charge in [0.25, 0.3) is 0 Å². The predicted octanol–water partition coefficient (Wildman–Crippen LogP) is 2.39. The van der Waals surface area contributed by atoms with Crippen LogP contribution in [-0.2, 0) is 19.1 Å². The summed E-state index contributed by atoms with van der Waals surface area (Å²) in [6.45, 7) is 4.14. The number of hydrogen-bond acceptors (Lipinski definition) is 5. The zero-order valence-corrected chi connectivity index (χ0v) is 13.0. The molecule has 0 amide bonds. The molecule has 0 aliphatic carbocycles. The first-order valence-corrected chi connectivity index (χ1v) is 6.59. The molecule has 0 bridgehead atoms. The van der Waals surface area contributed by atoms with Gasteiger partial charge in [0.15, 0.2) is 0 Å². The Balaban J connectivity index is 3.56. The fourth-order valence-corrected chi connectivity index (χ4v) is 2.45. The van der Waals surface area contributed by atoms with Crippen LogP contribution in [0.1, 0.15) is 20.8 Å². The molecule has 0 fully saturated rings. The monoisotopic (exact) mass is 321 g/mol. The SMILES string of the molecule is CCOC(=O)C1=C(C(F)(F)F)N(C)C(C)=C(C(=O)OC)C1C. The Morgan fingerprint density at radius 1 is 1.23 bits per heavy atom. The minimum Gasteiger partial charge on any atom is -0.466 e. The molecule has 22 heavy (non-hydrogen) atoms. The maximum Gasteiger partial charge on any atom is 0.431 e. The summed E-state index contributed by atoms with van der Waals surface area (Å²) in [5.41, 5.74) is -1.63. The highest BCUT2D eigenvalue weighted by Crippen LogP contribution is 2.42. The van der Waals surface area contributed by atoms with Crippen molar-refractivity contribution in [2.45, 2.75) is 26.9 Å². The summed E-state index contributed by atoms with van der Waals surface area (Å²) in [4.78, 5) is 24.6. The molecule has 8 heteroatoms. The van der Waals surface area contributed by atoms with Crippen molar-refractivity contribution in [3.05, 3.63) is 22.5 Å². The molecule has 1 aliphatic rings. The van der Waals surface area contributed by atoms with E-state index in [1.807, 2.05) is 0 Å². The molecule has 0 aromatic rings. The number of rotatable bonds is 3. The summed E-state index contributed by atoms with van der Waals surface area (Å²) in [7, 11) is 2.27. The van der Waals surface area contributed by atoms with E-state index in [0.29, 0.717) is 0 Å². The van der Waals surface area contributed by atoms with Gasteiger partial charge in [-0.15, -0.1) is 0 Å². The highest BCUT2D eigenvalue weighted by molar-refractivity contribution is 5.97. The number of nitrogens with zero attached hydrogens (tertiary/aromatic N) is 1. The molecule has 1 unspecified atom stereocenters. The second kappa shape index (κ2) is 6.41. The van der Waals surface area contributed by atoms with Crippen molar-refractivity contribution >= 4 is 11.9 Å². The van der Waals surface area contributed by atoms with Crippen molar-refractivity contribution in [1.29, 1.82) is 0 Å². The van der Waals surface area contributed by atoms with E-state index in [1.165, 1.54) is 20.8 Å². The maximum atomic E-state index is 13.4. The van der Waals surface area contributed by atoms with E-state index >= 15 is 0 Å². The molecule has 0 saturated heterocycles. The smallest absolute Gasteiger partial charge is 0.431 e. The van der Waals surface area contributed by atoms with E-state index < -0.39 is 35.3 Å². The molecule has 0 saturated carbocycles. The fourth-order valence-electron chi connectivity index (χ4n) is 2.45. The third-order valence-corrected chi connectivity index (χ3v) is 3.52. The summed E-state index contributed by atoms with van der Waals surface area (Å²) in [6, 6.07) is 0. The Labute approximate surface area is 126 Å². The normalized spacial score (nSPS) is 19.5. The number of halogens is 3. The first-order chi connectivity index (χ1) is 10.1. The summed E-state index contributed by atoms with van der Waals surface area (Å²) < 4.78 is 49.4. The van der Waals surface area contributed by atoms with Gasteiger partial charge >= 0.3 is 18.1 Å². The standard InChI is InChI=1S/C14H18F3NO4/c1-6-22-13(20)10-7(2)9(12(19)21-5)8(3)18(4)11(10)14(15,16)17/h7H,6H2,1-5H3. The lowest BCUT2D eigenvalue weighted by molar-refractivity contribution is -0.142. The number of carbonyl (C=O) groups excluding carboxylic acids is 2. The summed E-state index contributed by atoms with van der Waals surface area (Å²) in [5, 5.41) is 0. The molecule has 0 aromatic carbocycles. The van der Waals surface area contributed by atoms with Gasteiger partial charge in [-0.25, -0.2) is 9.59 Å². The number of ether oxygens (including phenoxy) is 2. The van der Waals surface area contributed by atoms with Gasteiger partial charge < -0.3 is 14.4 Å². The zero-order valence-electron chi connectivity index (χ0n) is 13.0. The van der Waals surface area contributed by atoms with E-state index in [9.17, 15) is 22.8 Å². The Bertz CT molecular complexity index is 549. The average Bonchev–Trinajstić information content (AvgIpc) is 2.41. The lowest BCUT2D eigenvalue weighted by atomic mass is 9.85. The summed E-state index contributed by atoms with van der Waals surface area (Å²) in [6.07, 6.45) is -4.76. The van der Waals surface area contributed by atoms with E-state index in [4.69, 9.17) is 4.74 Å². The van der Waals surface area contributed by atoms with Crippen LogP contribution in [0.4, 0.5) is 13.2 Å². The highest BCUT2D eigenvalue weighted by atomic mass is 19.4. The second-order valence-corrected chi connectivity index (χ2v) is 4.75. The van der Waals surface area contributed by atoms with Gasteiger partial charge in [0.05, 0.1) is 24.9 Å². The molecule has 1 heterocycles. The lowest BCUT2D eigenvalue weighted by Gasteiger charge is -2.35. The van der Waals surface area contributed by atoms with Gasteiger partial charge in [-0.3, -0.25) is 0 Å². The Morgan fingerprint density at radius 3 is 2.18 bits per heavy atom.